The van der Waals surface area contributed by atoms with Gasteiger partial charge in [0.2, 0.25) is 5.91 Å². The van der Waals surface area contributed by atoms with Crippen LogP contribution in [0.5, 0.6) is 0 Å². The van der Waals surface area contributed by atoms with Gasteiger partial charge in [0.15, 0.2) is 0 Å². The molecule has 1 saturated carbocycles. The Morgan fingerprint density at radius 3 is 2.23 bits per heavy atom. The maximum absolute atomic E-state index is 12.6. The zero-order valence-electron chi connectivity index (χ0n) is 17.6. The molecule has 0 spiro atoms. The van der Waals surface area contributed by atoms with Crippen LogP contribution in [0.25, 0.3) is 0 Å². The zero-order valence-corrected chi connectivity index (χ0v) is 19.1. The van der Waals surface area contributed by atoms with E-state index in [0.717, 1.165) is 41.8 Å². The smallest absolute Gasteiger partial charge is 0.223 e. The van der Waals surface area contributed by atoms with Gasteiger partial charge < -0.3 is 9.64 Å². The molecule has 0 bridgehead atoms. The van der Waals surface area contributed by atoms with Gasteiger partial charge in [-0.2, -0.15) is 0 Å². The molecule has 2 fully saturated rings. The van der Waals surface area contributed by atoms with Gasteiger partial charge in [0.05, 0.1) is 18.7 Å². The molecule has 0 aromatic heterocycles. The van der Waals surface area contributed by atoms with Gasteiger partial charge in [-0.05, 0) is 67.9 Å². The van der Waals surface area contributed by atoms with E-state index in [-0.39, 0.29) is 18.0 Å². The second-order valence-electron chi connectivity index (χ2n) is 8.10. The van der Waals surface area contributed by atoms with Crippen LogP contribution in [0, 0.1) is 5.92 Å². The van der Waals surface area contributed by atoms with Gasteiger partial charge in [0.25, 0.3) is 0 Å². The molecule has 162 valence electrons. The van der Waals surface area contributed by atoms with E-state index in [0.29, 0.717) is 13.0 Å². The second kappa shape index (κ2) is 11.7. The Labute approximate surface area is 190 Å². The summed E-state index contributed by atoms with van der Waals surface area (Å²) in [6.07, 6.45) is 6.16. The number of amides is 1. The fraction of sp³-hybridized carbons (Fsp3) is 0.480. The normalized spacial score (nSPS) is 19.8. The number of nitrogens with zero attached hydrogens (tertiary/aromatic N) is 1. The van der Waals surface area contributed by atoms with Crippen LogP contribution in [0.1, 0.15) is 57.1 Å². The molecule has 1 unspecified atom stereocenters. The lowest BCUT2D eigenvalue weighted by Gasteiger charge is -2.41. The molecule has 0 N–H and O–H groups in total. The second-order valence-corrected chi connectivity index (χ2v) is 8.97. The predicted octanol–water partition coefficient (Wildman–Crippen LogP) is 6.94. The van der Waals surface area contributed by atoms with E-state index in [1.807, 2.05) is 42.5 Å². The third-order valence-electron chi connectivity index (χ3n) is 5.71. The quantitative estimate of drug-likeness (QED) is 0.459. The van der Waals surface area contributed by atoms with Gasteiger partial charge in [0, 0.05) is 23.1 Å². The summed E-state index contributed by atoms with van der Waals surface area (Å²) in [7, 11) is 0. The van der Waals surface area contributed by atoms with Crippen molar-refractivity contribution in [3.8, 4) is 0 Å². The maximum atomic E-state index is 12.6. The number of piperidine rings is 1. The minimum Gasteiger partial charge on any atom is -0.379 e. The molecule has 1 amide bonds. The van der Waals surface area contributed by atoms with Gasteiger partial charge in [0.1, 0.15) is 0 Å². The fourth-order valence-electron chi connectivity index (χ4n) is 3.82. The number of ether oxygens (including phenoxy) is 1. The van der Waals surface area contributed by atoms with Crippen molar-refractivity contribution in [2.75, 3.05) is 13.2 Å². The summed E-state index contributed by atoms with van der Waals surface area (Å²) in [5, 5.41) is 1.53. The molecule has 1 heterocycles. The van der Waals surface area contributed by atoms with Crippen molar-refractivity contribution < 1.29 is 9.53 Å². The Hall–Kier alpha value is -1.55. The van der Waals surface area contributed by atoms with Crippen LogP contribution >= 0.6 is 23.2 Å². The van der Waals surface area contributed by atoms with Crippen molar-refractivity contribution in [2.24, 2.45) is 5.92 Å². The molecule has 1 aliphatic carbocycles. The Morgan fingerprint density at radius 2 is 1.67 bits per heavy atom. The first kappa shape index (κ1) is 23.1. The predicted molar refractivity (Wildman–Crippen MR) is 124 cm³/mol. The number of benzene rings is 2. The van der Waals surface area contributed by atoms with E-state index in [2.05, 4.69) is 24.0 Å². The Bertz CT molecular complexity index is 777. The van der Waals surface area contributed by atoms with Gasteiger partial charge in [-0.1, -0.05) is 60.5 Å². The van der Waals surface area contributed by atoms with E-state index in [4.69, 9.17) is 27.9 Å². The number of carbonyl (C=O) groups excluding carboxylic acids is 1. The molecule has 3 nitrogen and oxygen atoms in total. The SMILES string of the molecule is CCC(COCC1CC1)N1C(=O)CCC[C@H]1c1ccc(Cl)cc1.Clc1ccccc1. The number of halogens is 2. The minimum absolute atomic E-state index is 0.156. The summed E-state index contributed by atoms with van der Waals surface area (Å²) in [6.45, 7) is 3.65. The number of hydrogen-bond donors (Lipinski definition) is 0. The first-order chi connectivity index (χ1) is 14.6. The summed E-state index contributed by atoms with van der Waals surface area (Å²) in [6, 6.07) is 17.7. The van der Waals surface area contributed by atoms with Crippen LogP contribution in [0.15, 0.2) is 54.6 Å². The van der Waals surface area contributed by atoms with Crippen molar-refractivity contribution in [3.05, 3.63) is 70.2 Å². The largest absolute Gasteiger partial charge is 0.379 e. The zero-order chi connectivity index (χ0) is 21.3. The van der Waals surface area contributed by atoms with Gasteiger partial charge in [-0.25, -0.2) is 0 Å². The van der Waals surface area contributed by atoms with Crippen molar-refractivity contribution in [1.29, 1.82) is 0 Å². The van der Waals surface area contributed by atoms with Crippen LogP contribution in [0.4, 0.5) is 0 Å². The molecule has 1 saturated heterocycles. The third kappa shape index (κ3) is 7.01. The lowest BCUT2D eigenvalue weighted by Crippen LogP contribution is -2.47. The van der Waals surface area contributed by atoms with Gasteiger partial charge in [-0.3, -0.25) is 4.79 Å². The van der Waals surface area contributed by atoms with Crippen molar-refractivity contribution in [2.45, 2.75) is 57.5 Å². The van der Waals surface area contributed by atoms with Crippen LogP contribution in [-0.2, 0) is 9.53 Å². The molecule has 2 aliphatic rings. The van der Waals surface area contributed by atoms with Crippen molar-refractivity contribution in [1.82, 2.24) is 4.90 Å². The van der Waals surface area contributed by atoms with Crippen molar-refractivity contribution >= 4 is 29.1 Å². The van der Waals surface area contributed by atoms with Crippen LogP contribution in [0.3, 0.4) is 0 Å². The summed E-state index contributed by atoms with van der Waals surface area (Å²) < 4.78 is 5.90. The van der Waals surface area contributed by atoms with E-state index in [9.17, 15) is 4.79 Å². The Balaban J connectivity index is 0.000000310. The number of rotatable bonds is 7. The molecule has 1 aliphatic heterocycles. The van der Waals surface area contributed by atoms with E-state index in [1.54, 1.807) is 0 Å². The third-order valence-corrected chi connectivity index (χ3v) is 6.21. The average molecular weight is 448 g/mol. The van der Waals surface area contributed by atoms with Crippen LogP contribution in [0.2, 0.25) is 10.0 Å². The Kier molecular flexibility index (Phi) is 9.05. The molecule has 4 rings (SSSR count). The summed E-state index contributed by atoms with van der Waals surface area (Å²) in [5.74, 6) is 1.02. The molecule has 2 atom stereocenters. The standard InChI is InChI=1S/C19H26ClNO2.C6H5Cl/c1-2-17(13-23-12-14-6-7-14)21-18(4-3-5-19(21)22)15-8-10-16(20)11-9-15;7-6-4-2-1-3-5-6/h8-11,14,17-18H,2-7,12-13H2,1H3;1-5H/t17?,18-;/m0./s1. The molecule has 2 aromatic carbocycles. The molecule has 30 heavy (non-hydrogen) atoms. The highest BCUT2D eigenvalue weighted by Crippen LogP contribution is 2.35. The molecular formula is C25H31Cl2NO2. The summed E-state index contributed by atoms with van der Waals surface area (Å²) >= 11 is 11.5. The fourth-order valence-corrected chi connectivity index (χ4v) is 4.10. The van der Waals surface area contributed by atoms with Crippen molar-refractivity contribution in [3.63, 3.8) is 0 Å². The van der Waals surface area contributed by atoms with E-state index < -0.39 is 0 Å². The average Bonchev–Trinajstić information content (AvgIpc) is 3.58. The molecule has 2 aromatic rings. The monoisotopic (exact) mass is 447 g/mol. The first-order valence-electron chi connectivity index (χ1n) is 10.9. The van der Waals surface area contributed by atoms with E-state index in [1.165, 1.54) is 18.4 Å². The Morgan fingerprint density at radius 1 is 1.00 bits per heavy atom. The van der Waals surface area contributed by atoms with E-state index >= 15 is 0 Å². The molecular weight excluding hydrogens is 417 g/mol. The summed E-state index contributed by atoms with van der Waals surface area (Å²) in [5.41, 5.74) is 1.18. The minimum atomic E-state index is 0.156. The first-order valence-corrected chi connectivity index (χ1v) is 11.7. The highest BCUT2D eigenvalue weighted by molar-refractivity contribution is 6.30. The highest BCUT2D eigenvalue weighted by Gasteiger charge is 2.34. The van der Waals surface area contributed by atoms with Gasteiger partial charge in [-0.15, -0.1) is 0 Å². The summed E-state index contributed by atoms with van der Waals surface area (Å²) in [4.78, 5) is 14.7. The lowest BCUT2D eigenvalue weighted by molar-refractivity contribution is -0.141. The number of carbonyl (C=O) groups is 1. The molecule has 5 heteroatoms. The van der Waals surface area contributed by atoms with Crippen LogP contribution in [-0.4, -0.2) is 30.1 Å². The topological polar surface area (TPSA) is 29.5 Å². The maximum Gasteiger partial charge on any atom is 0.223 e. The number of hydrogen-bond acceptors (Lipinski definition) is 2. The highest BCUT2D eigenvalue weighted by atomic mass is 35.5. The van der Waals surface area contributed by atoms with Crippen LogP contribution < -0.4 is 0 Å². The number of likely N-dealkylation sites (tertiary alicyclic amines) is 1. The lowest BCUT2D eigenvalue weighted by atomic mass is 9.92. The molecule has 0 radical (unpaired) electrons. The van der Waals surface area contributed by atoms with Gasteiger partial charge >= 0.3 is 0 Å².